The van der Waals surface area contributed by atoms with Crippen molar-refractivity contribution < 1.29 is 14.3 Å². The van der Waals surface area contributed by atoms with Gasteiger partial charge in [0.1, 0.15) is 0 Å². The zero-order valence-electron chi connectivity index (χ0n) is 14.4. The quantitative estimate of drug-likeness (QED) is 0.930. The first-order valence-electron chi connectivity index (χ1n) is 8.29. The second kappa shape index (κ2) is 5.71. The maximum Gasteiger partial charge on any atom is 0.251 e. The van der Waals surface area contributed by atoms with Gasteiger partial charge in [-0.05, 0) is 58.8 Å². The van der Waals surface area contributed by atoms with Gasteiger partial charge in [0, 0.05) is 30.0 Å². The minimum Gasteiger partial charge on any atom is -0.448 e. The summed E-state index contributed by atoms with van der Waals surface area (Å²) in [6, 6.07) is 4.15. The second-order valence-electron chi connectivity index (χ2n) is 7.12. The van der Waals surface area contributed by atoms with E-state index < -0.39 is 11.7 Å². The number of nitrogens with two attached hydrogens (primary N) is 1. The summed E-state index contributed by atoms with van der Waals surface area (Å²) in [4.78, 5) is 13.8. The molecule has 2 aliphatic rings. The number of hydrogen-bond acceptors (Lipinski definition) is 4. The normalized spacial score (nSPS) is 29.8. The highest BCUT2D eigenvalue weighted by Gasteiger charge is 2.46. The molecule has 0 aromatic heterocycles. The van der Waals surface area contributed by atoms with Crippen molar-refractivity contribution >= 4 is 5.91 Å². The van der Waals surface area contributed by atoms with Gasteiger partial charge in [-0.1, -0.05) is 0 Å². The Morgan fingerprint density at radius 2 is 1.87 bits per heavy atom. The lowest BCUT2D eigenvalue weighted by Gasteiger charge is -2.39. The summed E-state index contributed by atoms with van der Waals surface area (Å²) < 4.78 is 12.4. The van der Waals surface area contributed by atoms with E-state index in [0.717, 1.165) is 31.2 Å². The van der Waals surface area contributed by atoms with E-state index in [4.69, 9.17) is 15.2 Å². The zero-order valence-corrected chi connectivity index (χ0v) is 14.4. The van der Waals surface area contributed by atoms with Crippen LogP contribution in [0.4, 0.5) is 0 Å². The van der Waals surface area contributed by atoms with E-state index in [-0.39, 0.29) is 0 Å². The van der Waals surface area contributed by atoms with Crippen LogP contribution in [-0.4, -0.2) is 36.7 Å². The van der Waals surface area contributed by atoms with E-state index in [2.05, 4.69) is 19.0 Å². The van der Waals surface area contributed by atoms with E-state index >= 15 is 0 Å². The summed E-state index contributed by atoms with van der Waals surface area (Å²) in [5, 5.41) is 0. The molecule has 0 radical (unpaired) electrons. The summed E-state index contributed by atoms with van der Waals surface area (Å²) >= 11 is 0. The Kier molecular flexibility index (Phi) is 4.00. The van der Waals surface area contributed by atoms with Gasteiger partial charge in [-0.3, -0.25) is 4.79 Å². The number of amides is 1. The predicted octanol–water partition coefficient (Wildman–Crippen LogP) is 2.70. The molecule has 1 unspecified atom stereocenters. The molecule has 1 saturated carbocycles. The molecule has 5 heteroatoms. The van der Waals surface area contributed by atoms with Crippen LogP contribution in [0.5, 0.6) is 11.5 Å². The molecule has 1 aliphatic carbocycles. The molecule has 1 aromatic carbocycles. The highest BCUT2D eigenvalue weighted by molar-refractivity contribution is 5.95. The number of rotatable bonds is 3. The maximum absolute atomic E-state index is 11.5. The smallest absolute Gasteiger partial charge is 0.251 e. The van der Waals surface area contributed by atoms with Crippen LogP contribution in [0, 0.1) is 12.8 Å². The molecule has 1 aliphatic heterocycles. The van der Waals surface area contributed by atoms with Gasteiger partial charge in [-0.15, -0.1) is 0 Å². The Hall–Kier alpha value is -1.75. The van der Waals surface area contributed by atoms with E-state index in [1.54, 1.807) is 12.1 Å². The molecule has 0 bridgehead atoms. The number of carbonyl (C=O) groups excluding carboxylic acids is 1. The van der Waals surface area contributed by atoms with Gasteiger partial charge in [0.25, 0.3) is 5.79 Å². The van der Waals surface area contributed by atoms with Crippen LogP contribution in [0.25, 0.3) is 0 Å². The second-order valence-corrected chi connectivity index (χ2v) is 7.12. The summed E-state index contributed by atoms with van der Waals surface area (Å²) in [7, 11) is 4.28. The molecule has 1 heterocycles. The first-order chi connectivity index (χ1) is 10.8. The molecule has 3 rings (SSSR count). The first-order valence-corrected chi connectivity index (χ1v) is 8.29. The Bertz CT molecular complexity index is 621. The zero-order chi connectivity index (χ0) is 16.8. The average molecular weight is 318 g/mol. The SMILES string of the molecule is Cc1c(C(N)=O)ccc2c1OC(C)(C1CCC(N(C)C)CC1)O2. The van der Waals surface area contributed by atoms with Gasteiger partial charge in [-0.2, -0.15) is 0 Å². The van der Waals surface area contributed by atoms with Crippen molar-refractivity contribution in [1.29, 1.82) is 0 Å². The highest BCUT2D eigenvalue weighted by Crippen LogP contribution is 2.48. The number of benzene rings is 1. The van der Waals surface area contributed by atoms with E-state index in [1.165, 1.54) is 0 Å². The maximum atomic E-state index is 11.5. The van der Waals surface area contributed by atoms with Crippen LogP contribution in [0.1, 0.15) is 48.5 Å². The van der Waals surface area contributed by atoms with Crippen LogP contribution >= 0.6 is 0 Å². The van der Waals surface area contributed by atoms with Gasteiger partial charge in [-0.25, -0.2) is 0 Å². The fourth-order valence-corrected chi connectivity index (χ4v) is 3.87. The fraction of sp³-hybridized carbons (Fsp3) is 0.611. The Labute approximate surface area is 137 Å². The van der Waals surface area contributed by atoms with Crippen molar-refractivity contribution in [3.63, 3.8) is 0 Å². The monoisotopic (exact) mass is 318 g/mol. The van der Waals surface area contributed by atoms with Crippen molar-refractivity contribution in [3.05, 3.63) is 23.3 Å². The third-order valence-electron chi connectivity index (χ3n) is 5.42. The van der Waals surface area contributed by atoms with E-state index in [0.29, 0.717) is 29.0 Å². The molecule has 1 atom stereocenters. The molecule has 5 nitrogen and oxygen atoms in total. The molecule has 0 spiro atoms. The first kappa shape index (κ1) is 16.1. The number of primary amides is 1. The van der Waals surface area contributed by atoms with Gasteiger partial charge >= 0.3 is 0 Å². The largest absolute Gasteiger partial charge is 0.448 e. The van der Waals surface area contributed by atoms with Crippen molar-refractivity contribution in [2.24, 2.45) is 11.7 Å². The Morgan fingerprint density at radius 1 is 1.22 bits per heavy atom. The highest BCUT2D eigenvalue weighted by atomic mass is 16.7. The third-order valence-corrected chi connectivity index (χ3v) is 5.42. The molecule has 2 N–H and O–H groups in total. The van der Waals surface area contributed by atoms with Crippen molar-refractivity contribution in [2.45, 2.75) is 51.4 Å². The van der Waals surface area contributed by atoms with Gasteiger partial charge in [0.15, 0.2) is 11.5 Å². The summed E-state index contributed by atoms with van der Waals surface area (Å²) in [6.07, 6.45) is 4.47. The Balaban J connectivity index is 1.78. The summed E-state index contributed by atoms with van der Waals surface area (Å²) in [5.41, 5.74) is 6.68. The molecule has 0 saturated heterocycles. The molecule has 126 valence electrons. The lowest BCUT2D eigenvalue weighted by molar-refractivity contribution is -0.123. The van der Waals surface area contributed by atoms with Gasteiger partial charge in [0.05, 0.1) is 0 Å². The number of carbonyl (C=O) groups is 1. The predicted molar refractivity (Wildman–Crippen MR) is 88.8 cm³/mol. The number of ether oxygens (including phenoxy) is 2. The molecule has 1 aromatic rings. The molecule has 1 fully saturated rings. The lowest BCUT2D eigenvalue weighted by Crippen LogP contribution is -2.46. The van der Waals surface area contributed by atoms with Crippen molar-refractivity contribution in [2.75, 3.05) is 14.1 Å². The van der Waals surface area contributed by atoms with Crippen LogP contribution in [0.2, 0.25) is 0 Å². The van der Waals surface area contributed by atoms with Crippen LogP contribution < -0.4 is 15.2 Å². The minimum absolute atomic E-state index is 0.350. The van der Waals surface area contributed by atoms with Crippen molar-refractivity contribution in [3.8, 4) is 11.5 Å². The van der Waals surface area contributed by atoms with Crippen LogP contribution in [0.15, 0.2) is 12.1 Å². The number of hydrogen-bond donors (Lipinski definition) is 1. The lowest BCUT2D eigenvalue weighted by atomic mass is 9.81. The summed E-state index contributed by atoms with van der Waals surface area (Å²) in [6.45, 7) is 3.87. The van der Waals surface area contributed by atoms with Crippen LogP contribution in [-0.2, 0) is 0 Å². The molecular formula is C18H26N2O3. The van der Waals surface area contributed by atoms with Crippen LogP contribution in [0.3, 0.4) is 0 Å². The third kappa shape index (κ3) is 2.78. The van der Waals surface area contributed by atoms with E-state index in [1.807, 2.05) is 13.8 Å². The fourth-order valence-electron chi connectivity index (χ4n) is 3.87. The number of nitrogens with zero attached hydrogens (tertiary/aromatic N) is 1. The standard InChI is InChI=1S/C18H26N2O3/c1-11-14(17(19)21)9-10-15-16(11)23-18(2,22-15)12-5-7-13(8-6-12)20(3)4/h9-10,12-13H,5-8H2,1-4H3,(H2,19,21). The van der Waals surface area contributed by atoms with Gasteiger partial charge < -0.3 is 20.1 Å². The topological polar surface area (TPSA) is 64.8 Å². The Morgan fingerprint density at radius 3 is 2.43 bits per heavy atom. The summed E-state index contributed by atoms with van der Waals surface area (Å²) in [5.74, 6) is 0.639. The average Bonchev–Trinajstić information content (AvgIpc) is 2.86. The molecular weight excluding hydrogens is 292 g/mol. The van der Waals surface area contributed by atoms with Crippen molar-refractivity contribution in [1.82, 2.24) is 4.90 Å². The van der Waals surface area contributed by atoms with Gasteiger partial charge in [0.2, 0.25) is 5.91 Å². The number of fused-ring (bicyclic) bond motifs is 1. The molecule has 1 amide bonds. The molecule has 23 heavy (non-hydrogen) atoms. The minimum atomic E-state index is -0.652. The van der Waals surface area contributed by atoms with E-state index in [9.17, 15) is 4.79 Å².